The molecule has 2 aliphatic rings. The Labute approximate surface area is 108 Å². The van der Waals surface area contributed by atoms with Crippen molar-refractivity contribution in [3.8, 4) is 0 Å². The van der Waals surface area contributed by atoms with Crippen molar-refractivity contribution in [2.75, 3.05) is 14.2 Å². The van der Waals surface area contributed by atoms with Crippen LogP contribution in [0.2, 0.25) is 0 Å². The normalized spacial score (nSPS) is 35.4. The molecule has 0 bridgehead atoms. The van der Waals surface area contributed by atoms with Crippen LogP contribution in [-0.4, -0.2) is 26.2 Å². The Balaban J connectivity index is 2.15. The van der Waals surface area contributed by atoms with Crippen molar-refractivity contribution in [3.05, 3.63) is 0 Å². The van der Waals surface area contributed by atoms with Gasteiger partial charge in [0.25, 0.3) is 0 Å². The van der Waals surface area contributed by atoms with Gasteiger partial charge in [-0.3, -0.25) is 9.59 Å². The molecule has 0 aromatic rings. The summed E-state index contributed by atoms with van der Waals surface area (Å²) in [6.07, 6.45) is 5.90. The topological polar surface area (TPSA) is 52.6 Å². The molecular weight excluding hydrogens is 232 g/mol. The first-order valence-electron chi connectivity index (χ1n) is 6.84. The molecule has 0 amide bonds. The number of ether oxygens (including phenoxy) is 2. The maximum absolute atomic E-state index is 11.8. The predicted molar refractivity (Wildman–Crippen MR) is 65.7 cm³/mol. The number of hydrogen-bond donors (Lipinski definition) is 0. The fourth-order valence-corrected chi connectivity index (χ4v) is 3.86. The number of methoxy groups -OCH3 is 2. The monoisotopic (exact) mass is 254 g/mol. The van der Waals surface area contributed by atoms with E-state index in [1.165, 1.54) is 14.2 Å². The molecule has 0 aliphatic heterocycles. The average molecular weight is 254 g/mol. The van der Waals surface area contributed by atoms with Gasteiger partial charge >= 0.3 is 11.9 Å². The van der Waals surface area contributed by atoms with Crippen molar-refractivity contribution in [2.45, 2.75) is 38.5 Å². The third kappa shape index (κ3) is 2.38. The summed E-state index contributed by atoms with van der Waals surface area (Å²) in [6.45, 7) is 0. The number of rotatable bonds is 2. The first-order chi connectivity index (χ1) is 8.69. The molecule has 18 heavy (non-hydrogen) atoms. The van der Waals surface area contributed by atoms with Crippen LogP contribution in [0.25, 0.3) is 0 Å². The number of esters is 2. The van der Waals surface area contributed by atoms with E-state index in [0.717, 1.165) is 38.5 Å². The highest BCUT2D eigenvalue weighted by Crippen LogP contribution is 2.47. The minimum Gasteiger partial charge on any atom is -0.469 e. The quantitative estimate of drug-likeness (QED) is 0.709. The van der Waals surface area contributed by atoms with Crippen LogP contribution in [0.3, 0.4) is 0 Å². The molecular formula is C14H22O4. The molecule has 2 aliphatic carbocycles. The van der Waals surface area contributed by atoms with E-state index in [1.807, 2.05) is 0 Å². The van der Waals surface area contributed by atoms with Gasteiger partial charge in [0.2, 0.25) is 0 Å². The smallest absolute Gasteiger partial charge is 0.308 e. The molecule has 0 spiro atoms. The first-order valence-corrected chi connectivity index (χ1v) is 6.84. The summed E-state index contributed by atoms with van der Waals surface area (Å²) in [4.78, 5) is 23.7. The molecule has 4 atom stereocenters. The van der Waals surface area contributed by atoms with E-state index >= 15 is 0 Å². The summed E-state index contributed by atoms with van der Waals surface area (Å²) in [7, 11) is 2.90. The summed E-state index contributed by atoms with van der Waals surface area (Å²) in [5, 5.41) is 0. The first kappa shape index (κ1) is 13.4. The Hall–Kier alpha value is -1.06. The second kappa shape index (κ2) is 5.72. The molecule has 4 nitrogen and oxygen atoms in total. The molecule has 2 fully saturated rings. The minimum absolute atomic E-state index is 0.0128. The molecule has 2 saturated carbocycles. The van der Waals surface area contributed by atoms with E-state index in [0.29, 0.717) is 11.8 Å². The highest BCUT2D eigenvalue weighted by atomic mass is 16.5. The molecule has 0 aromatic heterocycles. The number of fused-ring (bicyclic) bond motifs is 1. The zero-order valence-corrected chi connectivity index (χ0v) is 11.2. The van der Waals surface area contributed by atoms with Crippen LogP contribution in [0.15, 0.2) is 0 Å². The summed E-state index contributed by atoms with van der Waals surface area (Å²) >= 11 is 0. The Kier molecular flexibility index (Phi) is 4.25. The number of carbonyl (C=O) groups is 2. The molecule has 0 radical (unpaired) electrons. The standard InChI is InChI=1S/C14H22O4/c1-17-13(15)11-7-8-12(14(16)18-2)10-6-4-3-5-9(10)11/h9-12H,3-8H2,1-2H3/t9-,10+,11-,12+. The summed E-state index contributed by atoms with van der Waals surface area (Å²) in [5.41, 5.74) is 0. The van der Waals surface area contributed by atoms with Gasteiger partial charge < -0.3 is 9.47 Å². The summed E-state index contributed by atoms with van der Waals surface area (Å²) < 4.78 is 9.81. The predicted octanol–water partition coefficient (Wildman–Crippen LogP) is 2.17. The van der Waals surface area contributed by atoms with Crippen LogP contribution in [-0.2, 0) is 19.1 Å². The molecule has 0 saturated heterocycles. The van der Waals surface area contributed by atoms with Crippen molar-refractivity contribution < 1.29 is 19.1 Å². The van der Waals surface area contributed by atoms with Gasteiger partial charge in [0, 0.05) is 0 Å². The lowest BCUT2D eigenvalue weighted by atomic mass is 9.61. The largest absolute Gasteiger partial charge is 0.469 e. The van der Waals surface area contributed by atoms with Gasteiger partial charge in [-0.1, -0.05) is 12.8 Å². The van der Waals surface area contributed by atoms with Crippen LogP contribution >= 0.6 is 0 Å². The lowest BCUT2D eigenvalue weighted by Gasteiger charge is -2.43. The Bertz CT molecular complexity index is 294. The van der Waals surface area contributed by atoms with E-state index in [4.69, 9.17) is 9.47 Å². The lowest BCUT2D eigenvalue weighted by Crippen LogP contribution is -2.43. The molecule has 2 rings (SSSR count). The number of carbonyl (C=O) groups excluding carboxylic acids is 2. The molecule has 0 unspecified atom stereocenters. The summed E-state index contributed by atoms with van der Waals surface area (Å²) in [5.74, 6) is 0.390. The van der Waals surface area contributed by atoms with Gasteiger partial charge in [-0.05, 0) is 37.5 Å². The maximum atomic E-state index is 11.8. The molecule has 102 valence electrons. The number of hydrogen-bond acceptors (Lipinski definition) is 4. The van der Waals surface area contributed by atoms with E-state index in [-0.39, 0.29) is 23.8 Å². The summed E-state index contributed by atoms with van der Waals surface area (Å²) in [6, 6.07) is 0. The van der Waals surface area contributed by atoms with Gasteiger partial charge in [-0.25, -0.2) is 0 Å². The van der Waals surface area contributed by atoms with Crippen LogP contribution in [0, 0.1) is 23.7 Å². The maximum Gasteiger partial charge on any atom is 0.308 e. The van der Waals surface area contributed by atoms with Crippen molar-refractivity contribution in [2.24, 2.45) is 23.7 Å². The zero-order valence-electron chi connectivity index (χ0n) is 11.2. The van der Waals surface area contributed by atoms with Gasteiger partial charge in [-0.2, -0.15) is 0 Å². The minimum atomic E-state index is -0.102. The van der Waals surface area contributed by atoms with Crippen LogP contribution in [0.5, 0.6) is 0 Å². The highest BCUT2D eigenvalue weighted by molar-refractivity contribution is 5.75. The van der Waals surface area contributed by atoms with Gasteiger partial charge in [0.05, 0.1) is 26.1 Å². The third-order valence-corrected chi connectivity index (χ3v) is 4.71. The average Bonchev–Trinajstić information content (AvgIpc) is 2.44. The van der Waals surface area contributed by atoms with Gasteiger partial charge in [0.1, 0.15) is 0 Å². The van der Waals surface area contributed by atoms with Crippen molar-refractivity contribution >= 4 is 11.9 Å². The van der Waals surface area contributed by atoms with Crippen LogP contribution < -0.4 is 0 Å². The van der Waals surface area contributed by atoms with Gasteiger partial charge in [-0.15, -0.1) is 0 Å². The second-order valence-electron chi connectivity index (χ2n) is 5.45. The van der Waals surface area contributed by atoms with Gasteiger partial charge in [0.15, 0.2) is 0 Å². The van der Waals surface area contributed by atoms with E-state index in [1.54, 1.807) is 0 Å². The second-order valence-corrected chi connectivity index (χ2v) is 5.45. The van der Waals surface area contributed by atoms with Crippen LogP contribution in [0.1, 0.15) is 38.5 Å². The molecule has 0 heterocycles. The fraction of sp³-hybridized carbons (Fsp3) is 0.857. The Morgan fingerprint density at radius 2 is 1.17 bits per heavy atom. The lowest BCUT2D eigenvalue weighted by molar-refractivity contribution is -0.160. The van der Waals surface area contributed by atoms with E-state index in [9.17, 15) is 9.59 Å². The van der Waals surface area contributed by atoms with Crippen molar-refractivity contribution in [1.29, 1.82) is 0 Å². The van der Waals surface area contributed by atoms with Crippen LogP contribution in [0.4, 0.5) is 0 Å². The third-order valence-electron chi connectivity index (χ3n) is 4.71. The molecule has 4 heteroatoms. The Morgan fingerprint density at radius 1 is 0.778 bits per heavy atom. The fourth-order valence-electron chi connectivity index (χ4n) is 3.86. The van der Waals surface area contributed by atoms with Crippen molar-refractivity contribution in [3.63, 3.8) is 0 Å². The van der Waals surface area contributed by atoms with Crippen molar-refractivity contribution in [1.82, 2.24) is 0 Å². The van der Waals surface area contributed by atoms with E-state index in [2.05, 4.69) is 0 Å². The SMILES string of the molecule is COC(=O)[C@H]1CC[C@@H](C(=O)OC)[C@@H]2CCCC[C@@H]21. The molecule has 0 aromatic carbocycles. The molecule has 0 N–H and O–H groups in total. The highest BCUT2D eigenvalue weighted by Gasteiger charge is 2.46. The zero-order chi connectivity index (χ0) is 13.1. The van der Waals surface area contributed by atoms with E-state index < -0.39 is 0 Å². The Morgan fingerprint density at radius 3 is 1.50 bits per heavy atom.